The van der Waals surface area contributed by atoms with Crippen LogP contribution in [-0.2, 0) is 21.4 Å². The van der Waals surface area contributed by atoms with Gasteiger partial charge in [-0.15, -0.1) is 0 Å². The third kappa shape index (κ3) is 5.72. The fraction of sp³-hybridized carbons (Fsp3) is 0.167. The number of ether oxygens (including phenoxy) is 1. The lowest BCUT2D eigenvalue weighted by molar-refractivity contribution is 0.0935. The summed E-state index contributed by atoms with van der Waals surface area (Å²) in [6.07, 6.45) is 0.612. The number of carbonyl (C=O) groups excluding carboxylic acids is 1. The number of aromatic nitrogens is 2. The van der Waals surface area contributed by atoms with Crippen LogP contribution < -0.4 is 15.7 Å². The molecular formula is C24H24N4O5S. The summed E-state index contributed by atoms with van der Waals surface area (Å²) in [5.74, 6) is -0.397. The van der Waals surface area contributed by atoms with Gasteiger partial charge in [0.05, 0.1) is 33.8 Å². The molecule has 1 aromatic heterocycles. The topological polar surface area (TPSA) is 133 Å². The van der Waals surface area contributed by atoms with Gasteiger partial charge in [0.25, 0.3) is 15.9 Å². The van der Waals surface area contributed by atoms with Gasteiger partial charge in [0.1, 0.15) is 0 Å². The summed E-state index contributed by atoms with van der Waals surface area (Å²) in [6, 6.07) is 20.4. The van der Waals surface area contributed by atoms with Crippen molar-refractivity contribution in [2.45, 2.75) is 17.9 Å². The van der Waals surface area contributed by atoms with Crippen molar-refractivity contribution in [1.82, 2.24) is 15.3 Å². The molecule has 0 fully saturated rings. The normalized spacial score (nSPS) is 11.4. The Bertz CT molecular complexity index is 1450. The molecule has 0 radical (unpaired) electrons. The number of sulfonamides is 1. The molecule has 0 unspecified atom stereocenters. The molecule has 4 N–H and O–H groups in total. The van der Waals surface area contributed by atoms with Gasteiger partial charge in [-0.3, -0.25) is 9.52 Å². The first kappa shape index (κ1) is 23.3. The second-order valence-corrected chi connectivity index (χ2v) is 9.27. The van der Waals surface area contributed by atoms with Crippen LogP contribution in [0.2, 0.25) is 0 Å². The SMILES string of the molecule is O=C(NCCCOCc1ccccc1)c1ccccc1NS(=O)(=O)c1ccc2[nH]c(=O)[nH]c2c1. The van der Waals surface area contributed by atoms with E-state index in [9.17, 15) is 18.0 Å². The molecule has 3 aromatic carbocycles. The summed E-state index contributed by atoms with van der Waals surface area (Å²) in [5, 5.41) is 2.79. The fourth-order valence-corrected chi connectivity index (χ4v) is 4.49. The van der Waals surface area contributed by atoms with E-state index >= 15 is 0 Å². The number of hydrogen-bond acceptors (Lipinski definition) is 5. The van der Waals surface area contributed by atoms with Crippen molar-refractivity contribution < 1.29 is 17.9 Å². The molecule has 10 heteroatoms. The zero-order chi connectivity index (χ0) is 24.0. The Hall–Kier alpha value is -3.89. The van der Waals surface area contributed by atoms with Gasteiger partial charge in [-0.05, 0) is 42.3 Å². The first-order valence-corrected chi connectivity index (χ1v) is 12.1. The number of H-pyrrole nitrogens is 2. The molecule has 4 rings (SSSR count). The molecule has 1 heterocycles. The van der Waals surface area contributed by atoms with E-state index in [1.54, 1.807) is 18.2 Å². The highest BCUT2D eigenvalue weighted by molar-refractivity contribution is 7.92. The van der Waals surface area contributed by atoms with Crippen LogP contribution in [0.3, 0.4) is 0 Å². The highest BCUT2D eigenvalue weighted by Gasteiger charge is 2.19. The fourth-order valence-electron chi connectivity index (χ4n) is 3.39. The van der Waals surface area contributed by atoms with E-state index in [-0.39, 0.29) is 16.1 Å². The van der Waals surface area contributed by atoms with Crippen LogP contribution in [0, 0.1) is 0 Å². The van der Waals surface area contributed by atoms with E-state index in [0.717, 1.165) is 5.56 Å². The van der Waals surface area contributed by atoms with Crippen LogP contribution in [0.5, 0.6) is 0 Å². The predicted octanol–water partition coefficient (Wildman–Crippen LogP) is 2.99. The Labute approximate surface area is 196 Å². The molecule has 0 aliphatic carbocycles. The summed E-state index contributed by atoms with van der Waals surface area (Å²) in [4.78, 5) is 29.2. The third-order valence-corrected chi connectivity index (χ3v) is 6.44. The van der Waals surface area contributed by atoms with Crippen LogP contribution in [0.15, 0.2) is 82.5 Å². The highest BCUT2D eigenvalue weighted by Crippen LogP contribution is 2.22. The number of rotatable bonds is 10. The second kappa shape index (κ2) is 10.4. The molecule has 0 aliphatic heterocycles. The smallest absolute Gasteiger partial charge is 0.323 e. The molecule has 0 saturated heterocycles. The van der Waals surface area contributed by atoms with Crippen molar-refractivity contribution in [1.29, 1.82) is 0 Å². The number of carbonyl (C=O) groups is 1. The van der Waals surface area contributed by atoms with Gasteiger partial charge in [-0.1, -0.05) is 42.5 Å². The number of aromatic amines is 2. The number of imidazole rings is 1. The largest absolute Gasteiger partial charge is 0.377 e. The van der Waals surface area contributed by atoms with Gasteiger partial charge >= 0.3 is 5.69 Å². The Morgan fingerprint density at radius 3 is 2.47 bits per heavy atom. The molecule has 1 amide bonds. The van der Waals surface area contributed by atoms with Crippen LogP contribution in [0.4, 0.5) is 5.69 Å². The van der Waals surface area contributed by atoms with Crippen LogP contribution >= 0.6 is 0 Å². The molecule has 0 bridgehead atoms. The summed E-state index contributed by atoms with van der Waals surface area (Å²) < 4.78 is 33.9. The van der Waals surface area contributed by atoms with E-state index in [4.69, 9.17) is 4.74 Å². The van der Waals surface area contributed by atoms with Crippen molar-refractivity contribution >= 4 is 32.7 Å². The number of fused-ring (bicyclic) bond motifs is 1. The Balaban J connectivity index is 1.35. The Kier molecular flexibility index (Phi) is 7.09. The van der Waals surface area contributed by atoms with Crippen molar-refractivity contribution in [2.24, 2.45) is 0 Å². The average Bonchev–Trinajstić information content (AvgIpc) is 3.21. The molecule has 0 saturated carbocycles. The number of anilines is 1. The number of hydrogen-bond donors (Lipinski definition) is 4. The standard InChI is InChI=1S/C24H24N4O5S/c29-23(25-13-6-14-33-16-17-7-2-1-3-8-17)19-9-4-5-10-20(19)28-34(31,32)18-11-12-21-22(15-18)27-24(30)26-21/h1-5,7-12,15,28H,6,13-14,16H2,(H,25,29)(H2,26,27,30). The van der Waals surface area contributed by atoms with Gasteiger partial charge in [-0.2, -0.15) is 0 Å². The van der Waals surface area contributed by atoms with E-state index < -0.39 is 21.6 Å². The molecule has 0 spiro atoms. The molecule has 4 aromatic rings. The zero-order valence-corrected chi connectivity index (χ0v) is 19.0. The number of benzene rings is 3. The minimum atomic E-state index is -4.00. The maximum atomic E-state index is 12.9. The summed E-state index contributed by atoms with van der Waals surface area (Å²) in [6.45, 7) is 1.36. The van der Waals surface area contributed by atoms with E-state index in [1.165, 1.54) is 24.3 Å². The van der Waals surface area contributed by atoms with E-state index in [0.29, 0.717) is 37.2 Å². The van der Waals surface area contributed by atoms with Crippen LogP contribution in [-0.4, -0.2) is 37.4 Å². The Morgan fingerprint density at radius 1 is 0.912 bits per heavy atom. The van der Waals surface area contributed by atoms with Crippen LogP contribution in [0.25, 0.3) is 11.0 Å². The predicted molar refractivity (Wildman–Crippen MR) is 129 cm³/mol. The Morgan fingerprint density at radius 2 is 1.65 bits per heavy atom. The van der Waals surface area contributed by atoms with Crippen molar-refractivity contribution in [3.8, 4) is 0 Å². The zero-order valence-electron chi connectivity index (χ0n) is 18.2. The van der Waals surface area contributed by atoms with Gasteiger partial charge in [0.2, 0.25) is 0 Å². The number of amides is 1. The van der Waals surface area contributed by atoms with Gasteiger partial charge in [-0.25, -0.2) is 13.2 Å². The minimum absolute atomic E-state index is 0.0407. The van der Waals surface area contributed by atoms with Gasteiger partial charge in [0.15, 0.2) is 0 Å². The van der Waals surface area contributed by atoms with Crippen molar-refractivity contribution in [3.63, 3.8) is 0 Å². The summed E-state index contributed by atoms with van der Waals surface area (Å²) >= 11 is 0. The number of para-hydroxylation sites is 1. The lowest BCUT2D eigenvalue weighted by atomic mass is 10.1. The minimum Gasteiger partial charge on any atom is -0.377 e. The molecular weight excluding hydrogens is 456 g/mol. The second-order valence-electron chi connectivity index (χ2n) is 7.59. The maximum absolute atomic E-state index is 12.9. The molecule has 34 heavy (non-hydrogen) atoms. The molecule has 0 atom stereocenters. The monoisotopic (exact) mass is 480 g/mol. The first-order chi connectivity index (χ1) is 16.4. The summed E-state index contributed by atoms with van der Waals surface area (Å²) in [5.41, 5.74) is 1.88. The highest BCUT2D eigenvalue weighted by atomic mass is 32.2. The van der Waals surface area contributed by atoms with E-state index in [1.807, 2.05) is 30.3 Å². The first-order valence-electron chi connectivity index (χ1n) is 10.7. The lowest BCUT2D eigenvalue weighted by Gasteiger charge is -2.13. The molecule has 9 nitrogen and oxygen atoms in total. The quantitative estimate of drug-likeness (QED) is 0.259. The van der Waals surface area contributed by atoms with Gasteiger partial charge in [0, 0.05) is 13.2 Å². The third-order valence-electron chi connectivity index (χ3n) is 5.08. The molecule has 176 valence electrons. The number of nitrogens with one attached hydrogen (secondary N) is 4. The molecule has 0 aliphatic rings. The van der Waals surface area contributed by atoms with E-state index in [2.05, 4.69) is 20.0 Å². The van der Waals surface area contributed by atoms with Crippen molar-refractivity contribution in [2.75, 3.05) is 17.9 Å². The lowest BCUT2D eigenvalue weighted by Crippen LogP contribution is -2.27. The maximum Gasteiger partial charge on any atom is 0.323 e. The van der Waals surface area contributed by atoms with Crippen LogP contribution in [0.1, 0.15) is 22.3 Å². The summed E-state index contributed by atoms with van der Waals surface area (Å²) in [7, 11) is -4.00. The van der Waals surface area contributed by atoms with Crippen molar-refractivity contribution in [3.05, 3.63) is 94.4 Å². The average molecular weight is 481 g/mol. The van der Waals surface area contributed by atoms with Gasteiger partial charge < -0.3 is 20.0 Å².